The summed E-state index contributed by atoms with van der Waals surface area (Å²) in [6.07, 6.45) is 1.25. The SMILES string of the molecule is CNCCCC(=O)Nc1cc(Cl)c(C)cc1Cl. The number of amides is 1. The van der Waals surface area contributed by atoms with Crippen molar-refractivity contribution in [1.29, 1.82) is 0 Å². The molecule has 0 bridgehead atoms. The molecule has 0 fully saturated rings. The Balaban J connectivity index is 2.62. The van der Waals surface area contributed by atoms with Crippen LogP contribution in [0.3, 0.4) is 0 Å². The van der Waals surface area contributed by atoms with Crippen molar-refractivity contribution in [3.05, 3.63) is 27.7 Å². The third kappa shape index (κ3) is 4.54. The topological polar surface area (TPSA) is 41.1 Å². The van der Waals surface area contributed by atoms with Gasteiger partial charge < -0.3 is 10.6 Å². The van der Waals surface area contributed by atoms with Gasteiger partial charge in [-0.3, -0.25) is 4.79 Å². The zero-order chi connectivity index (χ0) is 12.8. The number of carbonyl (C=O) groups excluding carboxylic acids is 1. The molecule has 0 atom stereocenters. The van der Waals surface area contributed by atoms with Crippen molar-refractivity contribution >= 4 is 34.8 Å². The molecule has 0 spiro atoms. The zero-order valence-corrected chi connectivity index (χ0v) is 11.5. The summed E-state index contributed by atoms with van der Waals surface area (Å²) in [6.45, 7) is 2.68. The molecule has 0 saturated carbocycles. The summed E-state index contributed by atoms with van der Waals surface area (Å²) in [6, 6.07) is 3.42. The Bertz CT molecular complexity index is 408. The number of halogens is 2. The summed E-state index contributed by atoms with van der Waals surface area (Å²) >= 11 is 12.0. The predicted octanol–water partition coefficient (Wildman–Crippen LogP) is 3.24. The summed E-state index contributed by atoms with van der Waals surface area (Å²) < 4.78 is 0. The second-order valence-corrected chi connectivity index (χ2v) is 4.65. The van der Waals surface area contributed by atoms with E-state index in [1.54, 1.807) is 12.1 Å². The Labute approximate surface area is 111 Å². The van der Waals surface area contributed by atoms with Gasteiger partial charge in [0.05, 0.1) is 10.7 Å². The maximum absolute atomic E-state index is 11.6. The first-order valence-electron chi connectivity index (χ1n) is 5.44. The molecule has 0 aliphatic carbocycles. The van der Waals surface area contributed by atoms with E-state index in [-0.39, 0.29) is 5.91 Å². The van der Waals surface area contributed by atoms with Gasteiger partial charge in [0.25, 0.3) is 0 Å². The van der Waals surface area contributed by atoms with Crippen LogP contribution >= 0.6 is 23.2 Å². The Morgan fingerprint density at radius 2 is 2.00 bits per heavy atom. The Hall–Kier alpha value is -0.770. The lowest BCUT2D eigenvalue weighted by atomic mass is 10.2. The molecule has 94 valence electrons. The summed E-state index contributed by atoms with van der Waals surface area (Å²) in [5, 5.41) is 6.85. The maximum Gasteiger partial charge on any atom is 0.224 e. The number of carbonyl (C=O) groups is 1. The smallest absolute Gasteiger partial charge is 0.224 e. The van der Waals surface area contributed by atoms with Gasteiger partial charge >= 0.3 is 0 Å². The van der Waals surface area contributed by atoms with Crippen LogP contribution in [-0.2, 0) is 4.79 Å². The zero-order valence-electron chi connectivity index (χ0n) is 9.94. The Kier molecular flexibility index (Phi) is 5.75. The average Bonchev–Trinajstić information content (AvgIpc) is 2.26. The summed E-state index contributed by atoms with van der Waals surface area (Å²) in [4.78, 5) is 11.6. The number of benzene rings is 1. The summed E-state index contributed by atoms with van der Waals surface area (Å²) in [5.41, 5.74) is 1.46. The van der Waals surface area contributed by atoms with E-state index in [1.807, 2.05) is 14.0 Å². The van der Waals surface area contributed by atoms with Crippen LogP contribution < -0.4 is 10.6 Å². The third-order valence-corrected chi connectivity index (χ3v) is 3.07. The van der Waals surface area contributed by atoms with E-state index in [2.05, 4.69) is 10.6 Å². The lowest BCUT2D eigenvalue weighted by Crippen LogP contribution is -2.15. The normalized spacial score (nSPS) is 10.4. The average molecular weight is 275 g/mol. The van der Waals surface area contributed by atoms with Gasteiger partial charge in [0.15, 0.2) is 0 Å². The number of hydrogen-bond acceptors (Lipinski definition) is 2. The molecule has 3 nitrogen and oxygen atoms in total. The largest absolute Gasteiger partial charge is 0.325 e. The summed E-state index contributed by atoms with van der Waals surface area (Å²) in [7, 11) is 1.86. The highest BCUT2D eigenvalue weighted by atomic mass is 35.5. The highest BCUT2D eigenvalue weighted by Gasteiger charge is 2.08. The van der Waals surface area contributed by atoms with E-state index >= 15 is 0 Å². The maximum atomic E-state index is 11.6. The van der Waals surface area contributed by atoms with Crippen molar-refractivity contribution in [2.75, 3.05) is 18.9 Å². The molecule has 0 aromatic heterocycles. The fourth-order valence-corrected chi connectivity index (χ4v) is 1.81. The minimum absolute atomic E-state index is 0.0536. The molecule has 0 unspecified atom stereocenters. The fraction of sp³-hybridized carbons (Fsp3) is 0.417. The van der Waals surface area contributed by atoms with E-state index in [9.17, 15) is 4.79 Å². The van der Waals surface area contributed by atoms with Gasteiger partial charge in [-0.15, -0.1) is 0 Å². The monoisotopic (exact) mass is 274 g/mol. The van der Waals surface area contributed by atoms with Gasteiger partial charge in [-0.25, -0.2) is 0 Å². The molecule has 2 N–H and O–H groups in total. The Morgan fingerprint density at radius 3 is 2.65 bits per heavy atom. The van der Waals surface area contributed by atoms with Crippen LogP contribution in [-0.4, -0.2) is 19.5 Å². The number of anilines is 1. The lowest BCUT2D eigenvalue weighted by Gasteiger charge is -2.09. The van der Waals surface area contributed by atoms with Crippen LogP contribution in [0.5, 0.6) is 0 Å². The van der Waals surface area contributed by atoms with Crippen LogP contribution in [0.15, 0.2) is 12.1 Å². The van der Waals surface area contributed by atoms with E-state index < -0.39 is 0 Å². The van der Waals surface area contributed by atoms with Crippen molar-refractivity contribution in [3.63, 3.8) is 0 Å². The van der Waals surface area contributed by atoms with Crippen LogP contribution in [0.2, 0.25) is 10.0 Å². The van der Waals surface area contributed by atoms with Crippen molar-refractivity contribution in [2.45, 2.75) is 19.8 Å². The molecule has 5 heteroatoms. The number of rotatable bonds is 5. The first kappa shape index (κ1) is 14.3. The highest BCUT2D eigenvalue weighted by molar-refractivity contribution is 6.36. The number of hydrogen-bond donors (Lipinski definition) is 2. The lowest BCUT2D eigenvalue weighted by molar-refractivity contribution is -0.116. The Morgan fingerprint density at radius 1 is 1.29 bits per heavy atom. The quantitative estimate of drug-likeness (QED) is 0.810. The van der Waals surface area contributed by atoms with Crippen LogP contribution in [0.25, 0.3) is 0 Å². The van der Waals surface area contributed by atoms with Gasteiger partial charge in [-0.2, -0.15) is 0 Å². The van der Waals surface area contributed by atoms with E-state index in [1.165, 1.54) is 0 Å². The first-order chi connectivity index (χ1) is 8.04. The first-order valence-corrected chi connectivity index (χ1v) is 6.20. The molecule has 0 saturated heterocycles. The van der Waals surface area contributed by atoms with Gasteiger partial charge in [0.2, 0.25) is 5.91 Å². The minimum atomic E-state index is -0.0536. The number of nitrogens with one attached hydrogen (secondary N) is 2. The molecule has 17 heavy (non-hydrogen) atoms. The van der Waals surface area contributed by atoms with E-state index in [0.29, 0.717) is 22.2 Å². The van der Waals surface area contributed by atoms with Crippen molar-refractivity contribution in [1.82, 2.24) is 5.32 Å². The minimum Gasteiger partial charge on any atom is -0.325 e. The van der Waals surface area contributed by atoms with Crippen LogP contribution in [0, 0.1) is 6.92 Å². The third-order valence-electron chi connectivity index (χ3n) is 2.35. The van der Waals surface area contributed by atoms with Crippen molar-refractivity contribution in [2.24, 2.45) is 0 Å². The number of aryl methyl sites for hydroxylation is 1. The predicted molar refractivity (Wildman–Crippen MR) is 73.0 cm³/mol. The molecule has 0 aliphatic heterocycles. The van der Waals surface area contributed by atoms with Gasteiger partial charge in [0.1, 0.15) is 0 Å². The molecule has 0 radical (unpaired) electrons. The fourth-order valence-electron chi connectivity index (χ4n) is 1.38. The molecule has 0 heterocycles. The molecular formula is C12H16Cl2N2O. The summed E-state index contributed by atoms with van der Waals surface area (Å²) in [5.74, 6) is -0.0536. The van der Waals surface area contributed by atoms with Gasteiger partial charge in [0, 0.05) is 11.4 Å². The second kappa shape index (κ2) is 6.84. The second-order valence-electron chi connectivity index (χ2n) is 3.84. The molecule has 1 aromatic carbocycles. The molecule has 1 rings (SSSR count). The van der Waals surface area contributed by atoms with Crippen molar-refractivity contribution < 1.29 is 4.79 Å². The molecule has 1 amide bonds. The molecular weight excluding hydrogens is 259 g/mol. The molecule has 1 aromatic rings. The van der Waals surface area contributed by atoms with Crippen LogP contribution in [0.1, 0.15) is 18.4 Å². The van der Waals surface area contributed by atoms with Crippen LogP contribution in [0.4, 0.5) is 5.69 Å². The molecule has 0 aliphatic rings. The highest BCUT2D eigenvalue weighted by Crippen LogP contribution is 2.28. The standard InChI is InChI=1S/C12H16Cl2N2O/c1-8-6-10(14)11(7-9(8)13)16-12(17)4-3-5-15-2/h6-7,15H,3-5H2,1-2H3,(H,16,17). The van der Waals surface area contributed by atoms with Crippen molar-refractivity contribution in [3.8, 4) is 0 Å². The van der Waals surface area contributed by atoms with E-state index in [4.69, 9.17) is 23.2 Å². The van der Waals surface area contributed by atoms with Gasteiger partial charge in [-0.05, 0) is 44.6 Å². The van der Waals surface area contributed by atoms with E-state index in [0.717, 1.165) is 18.5 Å². The van der Waals surface area contributed by atoms with Gasteiger partial charge in [-0.1, -0.05) is 23.2 Å².